The molecule has 184 valence electrons. The quantitative estimate of drug-likeness (QED) is 0.321. The van der Waals surface area contributed by atoms with Crippen molar-refractivity contribution in [3.05, 3.63) is 64.2 Å². The number of rotatable bonds is 7. The average molecular weight is 586 g/mol. The van der Waals surface area contributed by atoms with Gasteiger partial charge in [0.1, 0.15) is 5.84 Å². The topological polar surface area (TPSA) is 108 Å². The molecule has 4 rings (SSSR count). The number of amidine groups is 1. The van der Waals surface area contributed by atoms with Crippen LogP contribution < -0.4 is 11.1 Å². The largest absolute Gasteiger partial charge is 0.388 e. The third kappa shape index (κ3) is 5.92. The second-order valence-corrected chi connectivity index (χ2v) is 10.1. The number of aryl methyl sites for hydroxylation is 1. The number of anilines is 1. The number of aliphatic imine (C=N–C) groups is 1. The number of hydrogen-bond acceptors (Lipinski definition) is 5. The van der Waals surface area contributed by atoms with Crippen molar-refractivity contribution in [2.45, 2.75) is 45.1 Å². The maximum atomic E-state index is 13.2. The number of fused-ring (bicyclic) bond motifs is 2. The Morgan fingerprint density at radius 3 is 2.83 bits per heavy atom. The van der Waals surface area contributed by atoms with Crippen LogP contribution in [0, 0.1) is 0 Å². The number of alkyl halides is 1. The summed E-state index contributed by atoms with van der Waals surface area (Å²) in [5, 5.41) is 13.2. The van der Waals surface area contributed by atoms with Gasteiger partial charge in [0.2, 0.25) is 5.91 Å². The Bertz CT molecular complexity index is 1180. The molecule has 2 amide bonds. The number of nitrogens with one attached hydrogen (secondary N) is 1. The highest BCUT2D eigenvalue weighted by molar-refractivity contribution is 14.1. The van der Waals surface area contributed by atoms with Crippen LogP contribution in [0.15, 0.2) is 47.0 Å². The zero-order valence-corrected chi connectivity index (χ0v) is 22.0. The molecule has 2 aromatic carbocycles. The Morgan fingerprint density at radius 1 is 1.23 bits per heavy atom. The van der Waals surface area contributed by atoms with Gasteiger partial charge >= 0.3 is 0 Å². The first-order valence-electron chi connectivity index (χ1n) is 12.0. The Kier molecular flexibility index (Phi) is 8.22. The van der Waals surface area contributed by atoms with Gasteiger partial charge in [-0.05, 0) is 67.2 Å². The van der Waals surface area contributed by atoms with E-state index < -0.39 is 6.10 Å². The van der Waals surface area contributed by atoms with Gasteiger partial charge in [0.05, 0.1) is 11.8 Å². The van der Waals surface area contributed by atoms with Gasteiger partial charge in [-0.2, -0.15) is 0 Å². The van der Waals surface area contributed by atoms with Crippen molar-refractivity contribution < 1.29 is 14.7 Å². The molecule has 1 aliphatic carbocycles. The van der Waals surface area contributed by atoms with Crippen LogP contribution in [0.5, 0.6) is 0 Å². The average Bonchev–Trinajstić information content (AvgIpc) is 3.01. The zero-order valence-electron chi connectivity index (χ0n) is 19.9. The minimum atomic E-state index is -0.491. The van der Waals surface area contributed by atoms with Crippen molar-refractivity contribution in [1.29, 1.82) is 0 Å². The van der Waals surface area contributed by atoms with Crippen LogP contribution in [0.3, 0.4) is 0 Å². The molecule has 0 saturated heterocycles. The summed E-state index contributed by atoms with van der Waals surface area (Å²) in [5.74, 6) is 0.0500. The van der Waals surface area contributed by atoms with E-state index in [0.717, 1.165) is 46.8 Å². The van der Waals surface area contributed by atoms with Gasteiger partial charge < -0.3 is 21.1 Å². The highest BCUT2D eigenvalue weighted by Gasteiger charge is 2.22. The molecule has 1 unspecified atom stereocenters. The van der Waals surface area contributed by atoms with E-state index in [1.54, 1.807) is 18.2 Å². The molecule has 0 saturated carbocycles. The van der Waals surface area contributed by atoms with Crippen molar-refractivity contribution in [3.8, 4) is 0 Å². The molecular formula is C27H31IN4O3. The third-order valence-corrected chi connectivity index (χ3v) is 6.84. The van der Waals surface area contributed by atoms with Crippen molar-refractivity contribution >= 4 is 57.7 Å². The highest BCUT2D eigenvalue weighted by atomic mass is 127. The fourth-order valence-electron chi connectivity index (χ4n) is 4.61. The molecule has 0 bridgehead atoms. The molecule has 1 atom stereocenters. The lowest BCUT2D eigenvalue weighted by Crippen LogP contribution is -2.35. The highest BCUT2D eigenvalue weighted by Crippen LogP contribution is 2.32. The molecule has 2 aromatic rings. The van der Waals surface area contributed by atoms with E-state index in [2.05, 4.69) is 39.8 Å². The van der Waals surface area contributed by atoms with Crippen molar-refractivity contribution in [3.63, 3.8) is 0 Å². The molecular weight excluding hydrogens is 555 g/mol. The molecule has 0 fully saturated rings. The molecule has 7 nitrogen and oxygen atoms in total. The minimum Gasteiger partial charge on any atom is -0.388 e. The van der Waals surface area contributed by atoms with Gasteiger partial charge in [-0.25, -0.2) is 4.99 Å². The van der Waals surface area contributed by atoms with Crippen LogP contribution in [0.1, 0.15) is 65.8 Å². The van der Waals surface area contributed by atoms with E-state index >= 15 is 0 Å². The number of amides is 2. The Morgan fingerprint density at radius 2 is 2.06 bits per heavy atom. The second kappa shape index (κ2) is 11.3. The SMILES string of the molecule is CCCN(CCI)C(=O)C1=Cc2ccc(C(=O)Nc3ccc4c(c3)C(O)CCC4)cc2N=C(N)C1. The number of halogens is 1. The first-order chi connectivity index (χ1) is 16.9. The summed E-state index contributed by atoms with van der Waals surface area (Å²) in [6.07, 6.45) is 5.15. The first-order valence-corrected chi connectivity index (χ1v) is 13.6. The number of aliphatic hydroxyl groups excluding tert-OH is 1. The summed E-state index contributed by atoms with van der Waals surface area (Å²) >= 11 is 2.27. The predicted octanol–water partition coefficient (Wildman–Crippen LogP) is 4.76. The number of carbonyl (C=O) groups is 2. The molecule has 2 aliphatic rings. The first kappa shape index (κ1) is 25.4. The molecule has 1 aliphatic heterocycles. The summed E-state index contributed by atoms with van der Waals surface area (Å²) in [7, 11) is 0. The van der Waals surface area contributed by atoms with Gasteiger partial charge in [-0.15, -0.1) is 0 Å². The number of benzene rings is 2. The fraction of sp³-hybridized carbons (Fsp3) is 0.370. The molecule has 8 heteroatoms. The summed E-state index contributed by atoms with van der Waals surface area (Å²) < 4.78 is 0.860. The van der Waals surface area contributed by atoms with E-state index in [1.807, 2.05) is 29.2 Å². The van der Waals surface area contributed by atoms with E-state index in [0.29, 0.717) is 41.4 Å². The monoisotopic (exact) mass is 586 g/mol. The predicted molar refractivity (Wildman–Crippen MR) is 148 cm³/mol. The van der Waals surface area contributed by atoms with Crippen LogP contribution >= 0.6 is 22.6 Å². The van der Waals surface area contributed by atoms with E-state index in [1.165, 1.54) is 0 Å². The number of hydrogen-bond donors (Lipinski definition) is 3. The lowest BCUT2D eigenvalue weighted by atomic mass is 9.89. The van der Waals surface area contributed by atoms with Crippen LogP contribution in [0.2, 0.25) is 0 Å². The zero-order chi connectivity index (χ0) is 24.9. The summed E-state index contributed by atoms with van der Waals surface area (Å²) in [6.45, 7) is 3.44. The standard InChI is InChI=1S/C27H31IN4O3/c1-2-11-32(12-10-28)27(35)20-13-18-6-7-19(14-23(18)31-25(29)15-20)26(34)30-21-9-8-17-4-3-5-24(33)22(17)16-21/h6-9,13-14,16,24,33H,2-5,10-12,15H2,1H3,(H2,29,31)(H,30,34). The van der Waals surface area contributed by atoms with Crippen LogP contribution in [-0.4, -0.2) is 45.2 Å². The minimum absolute atomic E-state index is 0.0223. The Hall–Kier alpha value is -2.72. The molecule has 35 heavy (non-hydrogen) atoms. The molecule has 1 heterocycles. The molecule has 0 aromatic heterocycles. The number of nitrogens with two attached hydrogens (primary N) is 1. The summed E-state index contributed by atoms with van der Waals surface area (Å²) in [4.78, 5) is 32.5. The number of aliphatic hydroxyl groups is 1. The van der Waals surface area contributed by atoms with Gasteiger partial charge in [-0.3, -0.25) is 9.59 Å². The normalized spacial score (nSPS) is 16.8. The molecule has 4 N–H and O–H groups in total. The van der Waals surface area contributed by atoms with Crippen LogP contribution in [0.25, 0.3) is 6.08 Å². The van der Waals surface area contributed by atoms with Gasteiger partial charge in [0.25, 0.3) is 5.91 Å². The van der Waals surface area contributed by atoms with Crippen molar-refractivity contribution in [2.75, 3.05) is 22.8 Å². The lowest BCUT2D eigenvalue weighted by molar-refractivity contribution is -0.126. The fourth-order valence-corrected chi connectivity index (χ4v) is 5.20. The van der Waals surface area contributed by atoms with Gasteiger partial charge in [-0.1, -0.05) is 41.6 Å². The smallest absolute Gasteiger partial charge is 0.255 e. The van der Waals surface area contributed by atoms with E-state index in [-0.39, 0.29) is 18.2 Å². The van der Waals surface area contributed by atoms with E-state index in [9.17, 15) is 14.7 Å². The lowest BCUT2D eigenvalue weighted by Gasteiger charge is -2.22. The third-order valence-electron chi connectivity index (χ3n) is 6.35. The molecule has 0 radical (unpaired) electrons. The maximum absolute atomic E-state index is 13.2. The number of carbonyl (C=O) groups excluding carboxylic acids is 2. The Labute approximate surface area is 219 Å². The molecule has 0 spiro atoms. The number of nitrogens with zero attached hydrogens (tertiary/aromatic N) is 2. The van der Waals surface area contributed by atoms with Gasteiger partial charge in [0.15, 0.2) is 0 Å². The summed E-state index contributed by atoms with van der Waals surface area (Å²) in [6, 6.07) is 10.9. The maximum Gasteiger partial charge on any atom is 0.255 e. The summed E-state index contributed by atoms with van der Waals surface area (Å²) in [5.41, 5.74) is 11.2. The van der Waals surface area contributed by atoms with Crippen LogP contribution in [0.4, 0.5) is 11.4 Å². The van der Waals surface area contributed by atoms with E-state index in [4.69, 9.17) is 5.73 Å². The van der Waals surface area contributed by atoms with Crippen molar-refractivity contribution in [1.82, 2.24) is 4.90 Å². The van der Waals surface area contributed by atoms with Gasteiger partial charge in [0, 0.05) is 46.3 Å². The van der Waals surface area contributed by atoms with Crippen LogP contribution in [-0.2, 0) is 11.2 Å². The second-order valence-electron chi connectivity index (χ2n) is 8.98. The Balaban J connectivity index is 1.56. The van der Waals surface area contributed by atoms with Crippen molar-refractivity contribution in [2.24, 2.45) is 10.7 Å².